The van der Waals surface area contributed by atoms with E-state index in [9.17, 15) is 24.3 Å². The van der Waals surface area contributed by atoms with Crippen molar-refractivity contribution < 1.29 is 29.0 Å². The number of hydrogen-bond acceptors (Lipinski definition) is 5. The molecule has 0 aromatic heterocycles. The molecule has 3 amide bonds. The van der Waals surface area contributed by atoms with Gasteiger partial charge in [0, 0.05) is 19.4 Å². The molecular formula is C31H35N3O6. The number of rotatable bonds is 14. The lowest BCUT2D eigenvalue weighted by Crippen LogP contribution is -2.56. The summed E-state index contributed by atoms with van der Waals surface area (Å²) in [7, 11) is 0. The van der Waals surface area contributed by atoms with Crippen molar-refractivity contribution in [2.45, 2.75) is 44.9 Å². The first-order valence-corrected chi connectivity index (χ1v) is 13.2. The number of carboxylic acids is 1. The first kappa shape index (κ1) is 29.9. The van der Waals surface area contributed by atoms with Crippen LogP contribution < -0.4 is 10.6 Å². The second-order valence-electron chi connectivity index (χ2n) is 9.30. The third-order valence-electron chi connectivity index (χ3n) is 6.23. The van der Waals surface area contributed by atoms with Gasteiger partial charge in [-0.3, -0.25) is 9.59 Å². The van der Waals surface area contributed by atoms with Crippen LogP contribution in [0.5, 0.6) is 0 Å². The molecule has 0 aliphatic heterocycles. The van der Waals surface area contributed by atoms with Gasteiger partial charge in [-0.2, -0.15) is 0 Å². The molecule has 9 nitrogen and oxygen atoms in total. The Morgan fingerprint density at radius 3 is 1.85 bits per heavy atom. The van der Waals surface area contributed by atoms with E-state index in [-0.39, 0.29) is 32.5 Å². The summed E-state index contributed by atoms with van der Waals surface area (Å²) in [6.45, 7) is 1.78. The molecule has 9 heteroatoms. The van der Waals surface area contributed by atoms with Crippen molar-refractivity contribution in [2.24, 2.45) is 0 Å². The van der Waals surface area contributed by atoms with Gasteiger partial charge in [0.05, 0.1) is 0 Å². The molecule has 0 bridgehead atoms. The van der Waals surface area contributed by atoms with Crippen LogP contribution in [-0.4, -0.2) is 59.1 Å². The molecule has 0 radical (unpaired) electrons. The lowest BCUT2D eigenvalue weighted by atomic mass is 10.0. The van der Waals surface area contributed by atoms with E-state index < -0.39 is 36.0 Å². The molecule has 0 unspecified atom stereocenters. The monoisotopic (exact) mass is 545 g/mol. The lowest BCUT2D eigenvalue weighted by molar-refractivity contribution is -0.144. The molecule has 0 fully saturated rings. The number of carbonyl (C=O) groups is 4. The number of aliphatic carboxylic acids is 1. The fourth-order valence-electron chi connectivity index (χ4n) is 4.22. The van der Waals surface area contributed by atoms with Gasteiger partial charge in [-0.25, -0.2) is 9.59 Å². The zero-order valence-corrected chi connectivity index (χ0v) is 22.5. The Hall–Kier alpha value is -4.66. The summed E-state index contributed by atoms with van der Waals surface area (Å²) in [4.78, 5) is 52.6. The van der Waals surface area contributed by atoms with E-state index in [4.69, 9.17) is 4.74 Å². The molecule has 40 heavy (non-hydrogen) atoms. The molecular weight excluding hydrogens is 510 g/mol. The third kappa shape index (κ3) is 9.58. The highest BCUT2D eigenvalue weighted by atomic mass is 16.5. The average molecular weight is 546 g/mol. The molecule has 0 spiro atoms. The van der Waals surface area contributed by atoms with Crippen LogP contribution in [0.1, 0.15) is 30.0 Å². The maximum absolute atomic E-state index is 13.6. The smallest absolute Gasteiger partial charge is 0.407 e. The van der Waals surface area contributed by atoms with Crippen LogP contribution in [0.25, 0.3) is 0 Å². The Bertz CT molecular complexity index is 1240. The largest absolute Gasteiger partial charge is 0.480 e. The third-order valence-corrected chi connectivity index (χ3v) is 6.23. The first-order chi connectivity index (χ1) is 19.4. The van der Waals surface area contributed by atoms with Crippen LogP contribution in [0.4, 0.5) is 4.79 Å². The lowest BCUT2D eigenvalue weighted by Gasteiger charge is -2.32. The van der Waals surface area contributed by atoms with E-state index in [0.29, 0.717) is 6.42 Å². The fourth-order valence-corrected chi connectivity index (χ4v) is 4.22. The molecule has 3 N–H and O–H groups in total. The SMILES string of the molecule is CCCN(C(=O)CNC(=O)OCc1ccccc1)[C@@H](Cc1ccccc1)C(=O)N[C@@H](Cc1ccccc1)C(=O)O. The van der Waals surface area contributed by atoms with Crippen molar-refractivity contribution in [3.63, 3.8) is 0 Å². The van der Waals surface area contributed by atoms with Gasteiger partial charge in [0.2, 0.25) is 11.8 Å². The summed E-state index contributed by atoms with van der Waals surface area (Å²) in [5.74, 6) is -2.24. The Kier molecular flexibility index (Phi) is 11.7. The standard InChI is InChI=1S/C31H35N3O6/c1-2-18-34(28(35)21-32-31(39)40-22-25-16-10-5-11-17-25)27(20-24-14-8-4-9-15-24)29(36)33-26(30(37)38)19-23-12-6-3-7-13-23/h3-17,26-27H,2,18-22H2,1H3,(H,32,39)(H,33,36)(H,37,38)/t26-,27-/m0/s1. The minimum absolute atomic E-state index is 0.0522. The molecule has 210 valence electrons. The van der Waals surface area contributed by atoms with Gasteiger partial charge >= 0.3 is 12.1 Å². The van der Waals surface area contributed by atoms with Gasteiger partial charge in [-0.05, 0) is 23.1 Å². The number of hydrogen-bond donors (Lipinski definition) is 3. The number of nitrogens with zero attached hydrogens (tertiary/aromatic N) is 1. The fraction of sp³-hybridized carbons (Fsp3) is 0.290. The summed E-state index contributed by atoms with van der Waals surface area (Å²) >= 11 is 0. The Labute approximate surface area is 234 Å². The number of alkyl carbamates (subject to hydrolysis) is 1. The van der Waals surface area contributed by atoms with Crippen LogP contribution in [0.3, 0.4) is 0 Å². The highest BCUT2D eigenvalue weighted by molar-refractivity contribution is 5.92. The van der Waals surface area contributed by atoms with E-state index >= 15 is 0 Å². The van der Waals surface area contributed by atoms with Gasteiger partial charge in [0.15, 0.2) is 0 Å². The maximum Gasteiger partial charge on any atom is 0.407 e. The summed E-state index contributed by atoms with van der Waals surface area (Å²) in [5, 5.41) is 14.9. The predicted octanol–water partition coefficient (Wildman–Crippen LogP) is 3.57. The Morgan fingerprint density at radius 2 is 1.32 bits per heavy atom. The number of ether oxygens (including phenoxy) is 1. The molecule has 0 aliphatic carbocycles. The number of amides is 3. The van der Waals surface area contributed by atoms with Gasteiger partial charge in [-0.15, -0.1) is 0 Å². The molecule has 2 atom stereocenters. The summed E-state index contributed by atoms with van der Waals surface area (Å²) in [5.41, 5.74) is 2.37. The maximum atomic E-state index is 13.6. The summed E-state index contributed by atoms with van der Waals surface area (Å²) in [6.07, 6.45) is 0.0618. The highest BCUT2D eigenvalue weighted by Gasteiger charge is 2.32. The second kappa shape index (κ2) is 15.7. The van der Waals surface area contributed by atoms with Gasteiger partial charge in [0.25, 0.3) is 0 Å². The minimum Gasteiger partial charge on any atom is -0.480 e. The van der Waals surface area contributed by atoms with Gasteiger partial charge in [-0.1, -0.05) is 97.9 Å². The van der Waals surface area contributed by atoms with Crippen LogP contribution in [0, 0.1) is 0 Å². The summed E-state index contributed by atoms with van der Waals surface area (Å²) < 4.78 is 5.19. The number of benzene rings is 3. The van der Waals surface area contributed by atoms with E-state index in [1.54, 1.807) is 24.3 Å². The topological polar surface area (TPSA) is 125 Å². The van der Waals surface area contributed by atoms with Crippen molar-refractivity contribution in [2.75, 3.05) is 13.1 Å². The van der Waals surface area contributed by atoms with Crippen molar-refractivity contribution in [1.82, 2.24) is 15.5 Å². The quantitative estimate of drug-likeness (QED) is 0.284. The first-order valence-electron chi connectivity index (χ1n) is 13.2. The molecule has 3 aromatic rings. The predicted molar refractivity (Wildman–Crippen MR) is 150 cm³/mol. The number of nitrogens with one attached hydrogen (secondary N) is 2. The van der Waals surface area contributed by atoms with Crippen LogP contribution in [0.2, 0.25) is 0 Å². The Balaban J connectivity index is 1.73. The van der Waals surface area contributed by atoms with E-state index in [0.717, 1.165) is 16.7 Å². The minimum atomic E-state index is -1.18. The second-order valence-corrected chi connectivity index (χ2v) is 9.30. The van der Waals surface area contributed by atoms with Crippen molar-refractivity contribution in [1.29, 1.82) is 0 Å². The van der Waals surface area contributed by atoms with Gasteiger partial charge < -0.3 is 25.4 Å². The highest BCUT2D eigenvalue weighted by Crippen LogP contribution is 2.13. The number of carboxylic acid groups (broad SMARTS) is 1. The van der Waals surface area contributed by atoms with Gasteiger partial charge in [0.1, 0.15) is 25.2 Å². The van der Waals surface area contributed by atoms with Crippen LogP contribution >= 0.6 is 0 Å². The number of carbonyl (C=O) groups excluding carboxylic acids is 3. The Morgan fingerprint density at radius 1 is 0.800 bits per heavy atom. The van der Waals surface area contributed by atoms with Crippen molar-refractivity contribution in [3.05, 3.63) is 108 Å². The van der Waals surface area contributed by atoms with Crippen LogP contribution in [-0.2, 0) is 38.6 Å². The molecule has 3 aromatic carbocycles. The van der Waals surface area contributed by atoms with Crippen LogP contribution in [0.15, 0.2) is 91.0 Å². The zero-order valence-electron chi connectivity index (χ0n) is 22.5. The zero-order chi connectivity index (χ0) is 28.7. The normalized spacial score (nSPS) is 12.0. The molecule has 0 saturated heterocycles. The van der Waals surface area contributed by atoms with E-state index in [1.165, 1.54) is 4.90 Å². The van der Waals surface area contributed by atoms with Crippen molar-refractivity contribution >= 4 is 23.9 Å². The van der Waals surface area contributed by atoms with E-state index in [1.807, 2.05) is 73.7 Å². The molecule has 0 heterocycles. The molecule has 0 aliphatic rings. The van der Waals surface area contributed by atoms with Crippen molar-refractivity contribution in [3.8, 4) is 0 Å². The summed E-state index contributed by atoms with van der Waals surface area (Å²) in [6, 6.07) is 25.2. The molecule has 0 saturated carbocycles. The van der Waals surface area contributed by atoms with E-state index in [2.05, 4.69) is 10.6 Å². The molecule has 3 rings (SSSR count). The average Bonchev–Trinajstić information content (AvgIpc) is 2.97.